The van der Waals surface area contributed by atoms with Gasteiger partial charge in [-0.25, -0.2) is 0 Å². The van der Waals surface area contributed by atoms with Gasteiger partial charge < -0.3 is 10.1 Å². The third kappa shape index (κ3) is 1.92. The van der Waals surface area contributed by atoms with Gasteiger partial charge in [0.05, 0.1) is 22.8 Å². The van der Waals surface area contributed by atoms with Gasteiger partial charge in [0.1, 0.15) is 0 Å². The van der Waals surface area contributed by atoms with Crippen molar-refractivity contribution < 1.29 is 4.74 Å². The van der Waals surface area contributed by atoms with Gasteiger partial charge in [0.15, 0.2) is 0 Å². The molecule has 4 nitrogen and oxygen atoms in total. The Morgan fingerprint density at radius 1 is 1.37 bits per heavy atom. The number of benzene rings is 1. The fourth-order valence-corrected chi connectivity index (χ4v) is 2.87. The molecule has 0 radical (unpaired) electrons. The first kappa shape index (κ1) is 12.2. The highest BCUT2D eigenvalue weighted by Crippen LogP contribution is 2.29. The molecule has 2 aromatic rings. The molecule has 0 bridgehead atoms. The van der Waals surface area contributed by atoms with Crippen molar-refractivity contribution in [2.24, 2.45) is 7.05 Å². The summed E-state index contributed by atoms with van der Waals surface area (Å²) in [5.41, 5.74) is 3.85. The van der Waals surface area contributed by atoms with Crippen LogP contribution in [-0.4, -0.2) is 28.3 Å². The highest BCUT2D eigenvalue weighted by molar-refractivity contribution is 6.07. The molecule has 0 spiro atoms. The number of nitrogens with one attached hydrogen (secondary N) is 1. The predicted octanol–water partition coefficient (Wildman–Crippen LogP) is 2.89. The number of ether oxygens (including phenoxy) is 1. The predicted molar refractivity (Wildman–Crippen MR) is 77.0 cm³/mol. The first-order chi connectivity index (χ1) is 9.22. The summed E-state index contributed by atoms with van der Waals surface area (Å²) in [5, 5.41) is 7.81. The lowest BCUT2D eigenvalue weighted by Crippen LogP contribution is -2.29. The zero-order valence-corrected chi connectivity index (χ0v) is 11.2. The van der Waals surface area contributed by atoms with Crippen molar-refractivity contribution in [3.63, 3.8) is 0 Å². The van der Waals surface area contributed by atoms with Crippen molar-refractivity contribution in [3.05, 3.63) is 36.4 Å². The average Bonchev–Trinajstić information content (AvgIpc) is 2.47. The molecule has 100 valence electrons. The number of aryl methyl sites for hydroxylation is 1. The standard InChI is InChI=1S/C15H19N3O/c1-3-13(16)11-4-5-14-15(10-11)17(2)18(14)12-6-8-19-9-7-12/h3-5,10,12,16H,1,6-9H2,2H3. The molecular weight excluding hydrogens is 238 g/mol. The lowest BCUT2D eigenvalue weighted by atomic mass is 10.1. The fraction of sp³-hybridized carbons (Fsp3) is 0.400. The van der Waals surface area contributed by atoms with E-state index in [-0.39, 0.29) is 0 Å². The Morgan fingerprint density at radius 3 is 2.79 bits per heavy atom. The second-order valence-electron chi connectivity index (χ2n) is 5.03. The largest absolute Gasteiger partial charge is 0.381 e. The first-order valence-electron chi connectivity index (χ1n) is 6.68. The second kappa shape index (κ2) is 4.70. The Bertz CT molecular complexity index is 629. The molecule has 0 unspecified atom stereocenters. The molecule has 1 aromatic heterocycles. The highest BCUT2D eigenvalue weighted by Gasteiger charge is 2.22. The van der Waals surface area contributed by atoms with Crippen LogP contribution in [-0.2, 0) is 11.8 Å². The van der Waals surface area contributed by atoms with Gasteiger partial charge >= 0.3 is 0 Å². The fourth-order valence-electron chi connectivity index (χ4n) is 2.87. The van der Waals surface area contributed by atoms with Gasteiger partial charge in [-0.1, -0.05) is 12.6 Å². The minimum atomic E-state index is 0.473. The van der Waals surface area contributed by atoms with Crippen LogP contribution in [0.1, 0.15) is 24.4 Å². The Hall–Kier alpha value is -1.81. The maximum atomic E-state index is 7.81. The van der Waals surface area contributed by atoms with Gasteiger partial charge in [-0.05, 0) is 31.1 Å². The molecule has 0 saturated carbocycles. The minimum absolute atomic E-state index is 0.473. The van der Waals surface area contributed by atoms with Crippen molar-refractivity contribution in [2.45, 2.75) is 18.9 Å². The number of hydrogen-bond donors (Lipinski definition) is 1. The number of aromatic nitrogens is 2. The van der Waals surface area contributed by atoms with E-state index >= 15 is 0 Å². The van der Waals surface area contributed by atoms with E-state index in [1.807, 2.05) is 6.07 Å². The van der Waals surface area contributed by atoms with Crippen LogP contribution in [0.5, 0.6) is 0 Å². The summed E-state index contributed by atoms with van der Waals surface area (Å²) < 4.78 is 9.95. The molecule has 0 aliphatic carbocycles. The molecule has 0 atom stereocenters. The molecule has 4 heteroatoms. The molecule has 0 amide bonds. The number of nitrogens with zero attached hydrogens (tertiary/aromatic N) is 2. The lowest BCUT2D eigenvalue weighted by Gasteiger charge is -2.33. The molecular formula is C15H19N3O. The molecule has 1 aliphatic rings. The van der Waals surface area contributed by atoms with E-state index in [1.54, 1.807) is 6.08 Å². The first-order valence-corrected chi connectivity index (χ1v) is 6.68. The van der Waals surface area contributed by atoms with Crippen LogP contribution in [0.4, 0.5) is 0 Å². The van der Waals surface area contributed by atoms with Gasteiger partial charge in [-0.3, -0.25) is 9.36 Å². The molecule has 1 fully saturated rings. The normalized spacial score (nSPS) is 16.9. The highest BCUT2D eigenvalue weighted by atomic mass is 16.5. The lowest BCUT2D eigenvalue weighted by molar-refractivity contribution is 0.0634. The summed E-state index contributed by atoms with van der Waals surface area (Å²) >= 11 is 0. The monoisotopic (exact) mass is 257 g/mol. The van der Waals surface area contributed by atoms with E-state index < -0.39 is 0 Å². The smallest absolute Gasteiger partial charge is 0.0829 e. The van der Waals surface area contributed by atoms with Crippen molar-refractivity contribution in [3.8, 4) is 0 Å². The van der Waals surface area contributed by atoms with Crippen molar-refractivity contribution in [2.75, 3.05) is 13.2 Å². The van der Waals surface area contributed by atoms with Gasteiger partial charge in [0.2, 0.25) is 0 Å². The molecule has 1 N–H and O–H groups in total. The zero-order valence-electron chi connectivity index (χ0n) is 11.2. The van der Waals surface area contributed by atoms with Gasteiger partial charge in [0, 0.05) is 25.8 Å². The maximum Gasteiger partial charge on any atom is 0.0829 e. The Kier molecular flexibility index (Phi) is 3.03. The minimum Gasteiger partial charge on any atom is -0.381 e. The molecule has 19 heavy (non-hydrogen) atoms. The summed E-state index contributed by atoms with van der Waals surface area (Å²) in [6, 6.07) is 6.71. The topological polar surface area (TPSA) is 42.9 Å². The van der Waals surface area contributed by atoms with Crippen molar-refractivity contribution in [1.29, 1.82) is 5.41 Å². The summed E-state index contributed by atoms with van der Waals surface area (Å²) in [5.74, 6) is 0. The van der Waals surface area contributed by atoms with E-state index in [1.165, 1.54) is 11.0 Å². The third-order valence-corrected chi connectivity index (χ3v) is 3.95. The molecule has 2 heterocycles. The van der Waals surface area contributed by atoms with E-state index in [9.17, 15) is 0 Å². The van der Waals surface area contributed by atoms with E-state index in [0.29, 0.717) is 11.8 Å². The summed E-state index contributed by atoms with van der Waals surface area (Å²) in [6.07, 6.45) is 3.73. The van der Waals surface area contributed by atoms with Crippen LogP contribution >= 0.6 is 0 Å². The van der Waals surface area contributed by atoms with E-state index in [0.717, 1.165) is 31.6 Å². The Labute approximate surface area is 112 Å². The van der Waals surface area contributed by atoms with Crippen LogP contribution in [0.2, 0.25) is 0 Å². The number of allylic oxidation sites excluding steroid dienone is 1. The molecule has 1 saturated heterocycles. The second-order valence-corrected chi connectivity index (χ2v) is 5.03. The van der Waals surface area contributed by atoms with Crippen LogP contribution in [0, 0.1) is 5.41 Å². The van der Waals surface area contributed by atoms with Crippen LogP contribution in [0.25, 0.3) is 11.0 Å². The Morgan fingerprint density at radius 2 is 2.11 bits per heavy atom. The number of fused-ring (bicyclic) bond motifs is 1. The van der Waals surface area contributed by atoms with Crippen LogP contribution in [0.3, 0.4) is 0 Å². The van der Waals surface area contributed by atoms with Crippen LogP contribution < -0.4 is 0 Å². The number of hydrogen-bond acceptors (Lipinski definition) is 2. The maximum absolute atomic E-state index is 7.81. The van der Waals surface area contributed by atoms with E-state index in [2.05, 4.69) is 35.1 Å². The SMILES string of the molecule is C=CC(=N)c1ccc2c(c1)n(C)n2C1CCOCC1. The molecule has 1 aliphatic heterocycles. The Balaban J connectivity index is 1.98. The average molecular weight is 257 g/mol. The van der Waals surface area contributed by atoms with Gasteiger partial charge in [-0.15, -0.1) is 0 Å². The van der Waals surface area contributed by atoms with Gasteiger partial charge in [0.25, 0.3) is 0 Å². The van der Waals surface area contributed by atoms with E-state index in [4.69, 9.17) is 10.1 Å². The number of rotatable bonds is 3. The molecule has 3 rings (SSSR count). The van der Waals surface area contributed by atoms with Crippen molar-refractivity contribution in [1.82, 2.24) is 9.36 Å². The summed E-state index contributed by atoms with van der Waals surface area (Å²) in [4.78, 5) is 0. The third-order valence-electron chi connectivity index (χ3n) is 3.95. The summed E-state index contributed by atoms with van der Waals surface area (Å²) in [7, 11) is 2.08. The van der Waals surface area contributed by atoms with Crippen LogP contribution in [0.15, 0.2) is 30.9 Å². The quantitative estimate of drug-likeness (QED) is 0.844. The zero-order chi connectivity index (χ0) is 13.4. The van der Waals surface area contributed by atoms with Gasteiger partial charge in [-0.2, -0.15) is 0 Å². The van der Waals surface area contributed by atoms with Crippen molar-refractivity contribution >= 4 is 16.7 Å². The molecule has 1 aromatic carbocycles. The summed E-state index contributed by atoms with van der Waals surface area (Å²) in [6.45, 7) is 5.35.